The topological polar surface area (TPSA) is 9.23 Å². The summed E-state index contributed by atoms with van der Waals surface area (Å²) in [6.07, 6.45) is 9.12. The molecule has 16 heavy (non-hydrogen) atoms. The third kappa shape index (κ3) is 4.49. The molecule has 3 heteroatoms. The Kier molecular flexibility index (Phi) is 9.01. The minimum Gasteiger partial charge on any atom is -0.716 e. The van der Waals surface area contributed by atoms with Gasteiger partial charge in [0.25, 0.3) is 0 Å². The maximum atomic E-state index is 6.36. The molecule has 0 aliphatic heterocycles. The molecule has 88 valence electrons. The maximum Gasteiger partial charge on any atom is 1.00 e. The summed E-state index contributed by atoms with van der Waals surface area (Å²) in [6, 6.07) is 0. The fourth-order valence-electron chi connectivity index (χ4n) is 2.58. The third-order valence-corrected chi connectivity index (χ3v) is 4.29. The molecule has 1 atom stereocenters. The van der Waals surface area contributed by atoms with Crippen molar-refractivity contribution in [3.05, 3.63) is 11.8 Å². The van der Waals surface area contributed by atoms with Gasteiger partial charge in [-0.25, -0.2) is 0 Å². The van der Waals surface area contributed by atoms with E-state index >= 15 is 0 Å². The zero-order valence-electron chi connectivity index (χ0n) is 11.9. The third-order valence-electron chi connectivity index (χ3n) is 4.29. The molecule has 1 aliphatic rings. The van der Waals surface area contributed by atoms with Crippen molar-refractivity contribution in [2.24, 2.45) is 5.92 Å². The number of hydrogen-bond donors (Lipinski definition) is 0. The van der Waals surface area contributed by atoms with E-state index in [9.17, 15) is 0 Å². The average Bonchev–Trinajstić information content (AvgIpc) is 2.29. The van der Waals surface area contributed by atoms with Gasteiger partial charge in [-0.05, 0) is 19.3 Å². The van der Waals surface area contributed by atoms with Crippen LogP contribution in [0, 0.1) is 5.92 Å². The standard InChI is InChI=1S/C13H26BO.K/c1-5-14(6-2,7-3)15-13-11-9-8-10-12(13)4;/h11-12H,5-10H2,1-4H3;/q-1;+1. The molecule has 1 unspecified atom stereocenters. The Hall–Kier alpha value is 1.24. The van der Waals surface area contributed by atoms with E-state index < -0.39 is 6.35 Å². The van der Waals surface area contributed by atoms with Crippen LogP contribution in [0.25, 0.3) is 0 Å². The molecule has 0 saturated carbocycles. The van der Waals surface area contributed by atoms with Gasteiger partial charge in [-0.2, -0.15) is 0 Å². The van der Waals surface area contributed by atoms with Gasteiger partial charge in [0.1, 0.15) is 0 Å². The molecule has 0 spiro atoms. The van der Waals surface area contributed by atoms with Crippen molar-refractivity contribution < 1.29 is 56.0 Å². The fourth-order valence-corrected chi connectivity index (χ4v) is 2.58. The fraction of sp³-hybridized carbons (Fsp3) is 0.846. The van der Waals surface area contributed by atoms with E-state index in [-0.39, 0.29) is 51.4 Å². The first-order valence-corrected chi connectivity index (χ1v) is 6.76. The van der Waals surface area contributed by atoms with Crippen LogP contribution in [0.5, 0.6) is 0 Å². The van der Waals surface area contributed by atoms with E-state index in [1.54, 1.807) is 0 Å². The van der Waals surface area contributed by atoms with Gasteiger partial charge in [0.2, 0.25) is 0 Å². The minimum atomic E-state index is -0.585. The Morgan fingerprint density at radius 3 is 2.25 bits per heavy atom. The van der Waals surface area contributed by atoms with E-state index in [0.29, 0.717) is 5.92 Å². The summed E-state index contributed by atoms with van der Waals surface area (Å²) in [5, 5.41) is 0. The molecule has 0 N–H and O–H groups in total. The Morgan fingerprint density at radius 1 is 1.25 bits per heavy atom. The van der Waals surface area contributed by atoms with E-state index in [1.807, 2.05) is 0 Å². The molecule has 0 aromatic carbocycles. The summed E-state index contributed by atoms with van der Waals surface area (Å²) in [4.78, 5) is 0. The molecule has 0 aromatic rings. The second kappa shape index (κ2) is 8.36. The summed E-state index contributed by atoms with van der Waals surface area (Å²) in [5.41, 5.74) is 0. The zero-order valence-corrected chi connectivity index (χ0v) is 15.0. The first-order valence-electron chi connectivity index (χ1n) is 6.76. The second-order valence-electron chi connectivity index (χ2n) is 5.15. The first-order chi connectivity index (χ1) is 7.17. The molecule has 1 rings (SSSR count). The van der Waals surface area contributed by atoms with Crippen LogP contribution < -0.4 is 51.4 Å². The van der Waals surface area contributed by atoms with Gasteiger partial charge in [-0.1, -0.05) is 33.8 Å². The zero-order chi connectivity index (χ0) is 11.3. The van der Waals surface area contributed by atoms with Gasteiger partial charge in [-0.15, -0.1) is 19.0 Å². The molecule has 0 heterocycles. The average molecular weight is 248 g/mol. The van der Waals surface area contributed by atoms with Gasteiger partial charge in [0, 0.05) is 11.7 Å². The number of allylic oxidation sites excluding steroid dienone is 2. The Labute approximate surface area is 144 Å². The smallest absolute Gasteiger partial charge is 0.716 e. The van der Waals surface area contributed by atoms with Crippen LogP contribution in [-0.2, 0) is 4.65 Å². The van der Waals surface area contributed by atoms with Crippen molar-refractivity contribution in [2.75, 3.05) is 0 Å². The van der Waals surface area contributed by atoms with Crippen LogP contribution in [0.3, 0.4) is 0 Å². The molecular formula is C13H26BKO. The predicted molar refractivity (Wildman–Crippen MR) is 69.4 cm³/mol. The molecule has 0 bridgehead atoms. The second-order valence-corrected chi connectivity index (χ2v) is 5.15. The quantitative estimate of drug-likeness (QED) is 0.673. The van der Waals surface area contributed by atoms with Gasteiger partial charge in [-0.3, -0.25) is 0 Å². The summed E-state index contributed by atoms with van der Waals surface area (Å²) >= 11 is 0. The van der Waals surface area contributed by atoms with Crippen molar-refractivity contribution in [3.63, 3.8) is 0 Å². The normalized spacial score (nSPS) is 21.0. The molecule has 0 fully saturated rings. The molecule has 0 radical (unpaired) electrons. The molecule has 0 saturated heterocycles. The predicted octanol–water partition coefficient (Wildman–Crippen LogP) is 1.72. The van der Waals surface area contributed by atoms with Crippen LogP contribution in [-0.4, -0.2) is 6.35 Å². The monoisotopic (exact) mass is 248 g/mol. The molecule has 1 nitrogen and oxygen atoms in total. The van der Waals surface area contributed by atoms with Crippen molar-refractivity contribution in [1.82, 2.24) is 0 Å². The van der Waals surface area contributed by atoms with Gasteiger partial charge < -0.3 is 4.65 Å². The van der Waals surface area contributed by atoms with Crippen LogP contribution in [0.15, 0.2) is 11.8 Å². The Balaban J connectivity index is 0.00000225. The Morgan fingerprint density at radius 2 is 1.81 bits per heavy atom. The SMILES string of the molecule is CC[B-](CC)(CC)OC1=CCCCC1C.[K+]. The molecule has 0 amide bonds. The number of rotatable bonds is 5. The first kappa shape index (κ1) is 17.2. The minimum absolute atomic E-state index is 0. The summed E-state index contributed by atoms with van der Waals surface area (Å²) in [6.45, 7) is 9.09. The molecule has 0 aromatic heterocycles. The van der Waals surface area contributed by atoms with E-state index in [4.69, 9.17) is 4.65 Å². The molecular weight excluding hydrogens is 222 g/mol. The van der Waals surface area contributed by atoms with E-state index in [2.05, 4.69) is 33.8 Å². The van der Waals surface area contributed by atoms with Gasteiger partial charge in [0.05, 0.1) is 0 Å². The number of hydrogen-bond acceptors (Lipinski definition) is 1. The van der Waals surface area contributed by atoms with E-state index in [1.165, 1.54) is 44.0 Å². The maximum absolute atomic E-state index is 6.36. The van der Waals surface area contributed by atoms with E-state index in [0.717, 1.165) is 0 Å². The van der Waals surface area contributed by atoms with Gasteiger partial charge >= 0.3 is 51.4 Å². The van der Waals surface area contributed by atoms with Crippen LogP contribution >= 0.6 is 0 Å². The summed E-state index contributed by atoms with van der Waals surface area (Å²) < 4.78 is 6.36. The van der Waals surface area contributed by atoms with Crippen LogP contribution in [0.1, 0.15) is 47.0 Å². The van der Waals surface area contributed by atoms with Crippen molar-refractivity contribution in [1.29, 1.82) is 0 Å². The van der Waals surface area contributed by atoms with Crippen molar-refractivity contribution >= 4 is 6.35 Å². The summed E-state index contributed by atoms with van der Waals surface area (Å²) in [5.74, 6) is 1.93. The van der Waals surface area contributed by atoms with Crippen LogP contribution in [0.2, 0.25) is 19.0 Å². The molecule has 1 aliphatic carbocycles. The van der Waals surface area contributed by atoms with Crippen molar-refractivity contribution in [2.45, 2.75) is 65.9 Å². The van der Waals surface area contributed by atoms with Gasteiger partial charge in [0.15, 0.2) is 6.35 Å². The van der Waals surface area contributed by atoms with Crippen LogP contribution in [0.4, 0.5) is 0 Å². The largest absolute Gasteiger partial charge is 1.00 e. The van der Waals surface area contributed by atoms with Crippen molar-refractivity contribution in [3.8, 4) is 0 Å². The summed E-state index contributed by atoms with van der Waals surface area (Å²) in [7, 11) is 0. The Bertz CT molecular complexity index is 216.